The number of carbonyl (C=O) groups excluding carboxylic acids is 1. The normalized spacial score (nSPS) is 10.4. The van der Waals surface area contributed by atoms with Crippen LogP contribution in [0.4, 0.5) is 11.4 Å². The Labute approximate surface area is 130 Å². The highest BCUT2D eigenvalue weighted by Crippen LogP contribution is 2.31. The number of aromatic nitrogens is 1. The summed E-state index contributed by atoms with van der Waals surface area (Å²) in [5, 5.41) is 26.3. The number of hydrogen-bond acceptors (Lipinski definition) is 4. The molecule has 2 aromatic carbocycles. The first-order valence-electron chi connectivity index (χ1n) is 6.73. The minimum Gasteiger partial charge on any atom is -0.618 e. The highest BCUT2D eigenvalue weighted by atomic mass is 16.6. The summed E-state index contributed by atoms with van der Waals surface area (Å²) in [5.74, 6) is -0.523. The van der Waals surface area contributed by atoms with E-state index in [2.05, 4.69) is 5.32 Å². The Balaban J connectivity index is 2.16. The lowest BCUT2D eigenvalue weighted by molar-refractivity contribution is -0.576. The highest BCUT2D eigenvalue weighted by Gasteiger charge is 2.24. The third-order valence-electron chi connectivity index (χ3n) is 3.38. The standard InChI is InChI=1S/C16H11N3O4/c20-16(12-5-2-1-3-6-12)17-14-13(19(22)23)9-8-11-7-4-10-18(21)15(11)14/h1-10H,(H,17,20). The van der Waals surface area contributed by atoms with Gasteiger partial charge in [-0.1, -0.05) is 18.2 Å². The molecule has 0 bridgehead atoms. The second-order valence-electron chi connectivity index (χ2n) is 4.81. The predicted molar refractivity (Wildman–Crippen MR) is 84.0 cm³/mol. The molecule has 0 radical (unpaired) electrons. The number of nitrogens with one attached hydrogen (secondary N) is 1. The molecule has 7 nitrogen and oxygen atoms in total. The Morgan fingerprint density at radius 2 is 1.78 bits per heavy atom. The number of fused-ring (bicyclic) bond motifs is 1. The Hall–Kier alpha value is -3.48. The second-order valence-corrected chi connectivity index (χ2v) is 4.81. The molecular formula is C16H11N3O4. The Morgan fingerprint density at radius 1 is 1.04 bits per heavy atom. The van der Waals surface area contributed by atoms with Crippen molar-refractivity contribution in [2.24, 2.45) is 0 Å². The molecule has 1 N–H and O–H groups in total. The molecule has 0 fully saturated rings. The van der Waals surface area contributed by atoms with E-state index in [0.29, 0.717) is 15.7 Å². The van der Waals surface area contributed by atoms with Gasteiger partial charge in [-0.2, -0.15) is 4.73 Å². The zero-order chi connectivity index (χ0) is 16.4. The summed E-state index contributed by atoms with van der Waals surface area (Å²) >= 11 is 0. The fourth-order valence-corrected chi connectivity index (χ4v) is 2.32. The van der Waals surface area contributed by atoms with Gasteiger partial charge in [-0.3, -0.25) is 14.9 Å². The monoisotopic (exact) mass is 309 g/mol. The van der Waals surface area contributed by atoms with E-state index in [-0.39, 0.29) is 16.9 Å². The van der Waals surface area contributed by atoms with Gasteiger partial charge in [-0.05, 0) is 24.3 Å². The summed E-state index contributed by atoms with van der Waals surface area (Å²) in [7, 11) is 0. The van der Waals surface area contributed by atoms with Crippen LogP contribution in [0.5, 0.6) is 0 Å². The van der Waals surface area contributed by atoms with Gasteiger partial charge in [0.15, 0.2) is 11.9 Å². The molecule has 23 heavy (non-hydrogen) atoms. The molecule has 0 aliphatic carbocycles. The van der Waals surface area contributed by atoms with Crippen LogP contribution in [-0.2, 0) is 0 Å². The molecule has 0 unspecified atom stereocenters. The van der Waals surface area contributed by atoms with E-state index in [1.165, 1.54) is 24.4 Å². The summed E-state index contributed by atoms with van der Waals surface area (Å²) < 4.78 is 0.503. The van der Waals surface area contributed by atoms with Crippen molar-refractivity contribution in [2.45, 2.75) is 0 Å². The molecule has 114 valence electrons. The minimum absolute atomic E-state index is 0.0472. The summed E-state index contributed by atoms with van der Waals surface area (Å²) in [6.45, 7) is 0. The number of carbonyl (C=O) groups is 1. The van der Waals surface area contributed by atoms with E-state index in [4.69, 9.17) is 0 Å². The molecule has 0 saturated heterocycles. The van der Waals surface area contributed by atoms with Crippen molar-refractivity contribution in [2.75, 3.05) is 5.32 Å². The fraction of sp³-hybridized carbons (Fsp3) is 0. The summed E-state index contributed by atoms with van der Waals surface area (Å²) in [5.41, 5.74) is -0.0623. The van der Waals surface area contributed by atoms with Crippen LogP contribution in [0.1, 0.15) is 10.4 Å². The van der Waals surface area contributed by atoms with Crippen molar-refractivity contribution in [3.8, 4) is 0 Å². The van der Waals surface area contributed by atoms with E-state index >= 15 is 0 Å². The van der Waals surface area contributed by atoms with Gasteiger partial charge < -0.3 is 10.5 Å². The van der Waals surface area contributed by atoms with Crippen LogP contribution in [0, 0.1) is 15.3 Å². The van der Waals surface area contributed by atoms with Gasteiger partial charge >= 0.3 is 0 Å². The lowest BCUT2D eigenvalue weighted by Crippen LogP contribution is -2.28. The molecule has 0 saturated carbocycles. The number of hydrogen-bond donors (Lipinski definition) is 1. The molecule has 7 heteroatoms. The largest absolute Gasteiger partial charge is 0.618 e. The van der Waals surface area contributed by atoms with Crippen molar-refractivity contribution in [3.63, 3.8) is 0 Å². The van der Waals surface area contributed by atoms with Crippen molar-refractivity contribution in [1.29, 1.82) is 0 Å². The molecule has 1 amide bonds. The van der Waals surface area contributed by atoms with Crippen LogP contribution < -0.4 is 10.0 Å². The Bertz CT molecular complexity index is 910. The number of benzene rings is 2. The van der Waals surface area contributed by atoms with Crippen LogP contribution in [0.15, 0.2) is 60.8 Å². The van der Waals surface area contributed by atoms with Crippen LogP contribution in [0.25, 0.3) is 10.9 Å². The van der Waals surface area contributed by atoms with Crippen LogP contribution in [-0.4, -0.2) is 10.8 Å². The van der Waals surface area contributed by atoms with E-state index in [0.717, 1.165) is 0 Å². The maximum absolute atomic E-state index is 12.3. The Kier molecular flexibility index (Phi) is 3.60. The average Bonchev–Trinajstić information content (AvgIpc) is 2.55. The average molecular weight is 309 g/mol. The van der Waals surface area contributed by atoms with E-state index in [1.54, 1.807) is 36.4 Å². The number of anilines is 1. The lowest BCUT2D eigenvalue weighted by atomic mass is 10.1. The number of rotatable bonds is 3. The first-order chi connectivity index (χ1) is 11.1. The quantitative estimate of drug-likeness (QED) is 0.348. The van der Waals surface area contributed by atoms with Gasteiger partial charge in [0.2, 0.25) is 0 Å². The van der Waals surface area contributed by atoms with Crippen LogP contribution in [0.3, 0.4) is 0 Å². The molecular weight excluding hydrogens is 298 g/mol. The molecule has 0 aliphatic heterocycles. The second kappa shape index (κ2) is 5.72. The van der Waals surface area contributed by atoms with Crippen molar-refractivity contribution < 1.29 is 14.4 Å². The fourth-order valence-electron chi connectivity index (χ4n) is 2.32. The predicted octanol–water partition coefficient (Wildman–Crippen LogP) is 2.63. The zero-order valence-electron chi connectivity index (χ0n) is 11.8. The van der Waals surface area contributed by atoms with Crippen molar-refractivity contribution in [3.05, 3.63) is 81.7 Å². The van der Waals surface area contributed by atoms with Gasteiger partial charge in [0, 0.05) is 17.7 Å². The molecule has 3 rings (SSSR count). The maximum Gasteiger partial charge on any atom is 0.299 e. The third kappa shape index (κ3) is 2.67. The van der Waals surface area contributed by atoms with Gasteiger partial charge in [0.25, 0.3) is 17.1 Å². The third-order valence-corrected chi connectivity index (χ3v) is 3.38. The SMILES string of the molecule is O=C(Nc1c([N+](=O)[O-])ccc2ccc[n+]([O-])c12)c1ccccc1. The molecule has 0 atom stereocenters. The topological polar surface area (TPSA) is 99.2 Å². The van der Waals surface area contributed by atoms with E-state index in [1.807, 2.05) is 0 Å². The summed E-state index contributed by atoms with van der Waals surface area (Å²) in [6.07, 6.45) is 1.23. The molecule has 1 heterocycles. The van der Waals surface area contributed by atoms with Crippen molar-refractivity contribution >= 4 is 28.2 Å². The maximum atomic E-state index is 12.3. The number of pyridine rings is 1. The zero-order valence-corrected chi connectivity index (χ0v) is 11.8. The molecule has 0 aliphatic rings. The first-order valence-corrected chi connectivity index (χ1v) is 6.73. The first kappa shape index (κ1) is 14.5. The number of nitrogens with zero attached hydrogens (tertiary/aromatic N) is 2. The Morgan fingerprint density at radius 3 is 2.48 bits per heavy atom. The van der Waals surface area contributed by atoms with Crippen molar-refractivity contribution in [1.82, 2.24) is 0 Å². The lowest BCUT2D eigenvalue weighted by Gasteiger charge is -2.09. The molecule has 0 spiro atoms. The smallest absolute Gasteiger partial charge is 0.299 e. The van der Waals surface area contributed by atoms with Gasteiger partial charge in [-0.25, -0.2) is 0 Å². The molecule has 3 aromatic rings. The van der Waals surface area contributed by atoms with Gasteiger partial charge in [0.05, 0.1) is 10.3 Å². The van der Waals surface area contributed by atoms with Crippen LogP contribution in [0.2, 0.25) is 0 Å². The summed E-state index contributed by atoms with van der Waals surface area (Å²) in [4.78, 5) is 22.9. The number of nitro groups is 1. The molecule has 1 aromatic heterocycles. The van der Waals surface area contributed by atoms with E-state index < -0.39 is 10.8 Å². The number of nitro benzene ring substituents is 1. The van der Waals surface area contributed by atoms with Gasteiger partial charge in [0.1, 0.15) is 0 Å². The van der Waals surface area contributed by atoms with Crippen LogP contribution >= 0.6 is 0 Å². The number of amides is 1. The van der Waals surface area contributed by atoms with E-state index in [9.17, 15) is 20.1 Å². The van der Waals surface area contributed by atoms with Gasteiger partial charge in [-0.15, -0.1) is 0 Å². The summed E-state index contributed by atoms with van der Waals surface area (Å²) in [6, 6.07) is 14.2. The highest BCUT2D eigenvalue weighted by molar-refractivity contribution is 6.09. The minimum atomic E-state index is -0.632.